The highest BCUT2D eigenvalue weighted by atomic mass is 16.6. The first-order valence-corrected chi connectivity index (χ1v) is 13.8. The topological polar surface area (TPSA) is 126 Å². The van der Waals surface area contributed by atoms with E-state index in [9.17, 15) is 19.2 Å². The molecule has 0 fully saturated rings. The maximum atomic E-state index is 12.9. The Morgan fingerprint density at radius 3 is 1.52 bits per heavy atom. The van der Waals surface area contributed by atoms with E-state index in [0.29, 0.717) is 32.4 Å². The van der Waals surface area contributed by atoms with Crippen LogP contribution >= 0.6 is 0 Å². The molecule has 0 atom stereocenters. The highest BCUT2D eigenvalue weighted by Crippen LogP contribution is 2.28. The molecule has 0 bridgehead atoms. The van der Waals surface area contributed by atoms with Crippen LogP contribution in [0.5, 0.6) is 0 Å². The van der Waals surface area contributed by atoms with Gasteiger partial charge in [-0.25, -0.2) is 0 Å². The summed E-state index contributed by atoms with van der Waals surface area (Å²) in [4.78, 5) is 55.1. The first-order valence-electron chi connectivity index (χ1n) is 13.8. The van der Waals surface area contributed by atoms with E-state index in [0.717, 1.165) is 0 Å². The number of hydrogen-bond acceptors (Lipinski definition) is 10. The van der Waals surface area contributed by atoms with E-state index in [1.165, 1.54) is 0 Å². The maximum Gasteiger partial charge on any atom is 0.326 e. The molecule has 0 amide bonds. The van der Waals surface area contributed by atoms with Crippen molar-refractivity contribution in [2.75, 3.05) is 39.8 Å². The summed E-state index contributed by atoms with van der Waals surface area (Å²) < 4.78 is 16.7. The summed E-state index contributed by atoms with van der Waals surface area (Å²) in [5, 5.41) is 9.16. The Labute approximate surface area is 239 Å². The number of carbonyl (C=O) groups excluding carboxylic acids is 3. The molecule has 0 aromatic carbocycles. The van der Waals surface area contributed by atoms with E-state index in [-0.39, 0.29) is 26.1 Å². The predicted molar refractivity (Wildman–Crippen MR) is 151 cm³/mol. The van der Waals surface area contributed by atoms with Crippen LogP contribution < -0.4 is 0 Å². The van der Waals surface area contributed by atoms with Crippen molar-refractivity contribution in [3.63, 3.8) is 0 Å². The number of ether oxygens (including phenoxy) is 3. The Morgan fingerprint density at radius 2 is 1.15 bits per heavy atom. The molecule has 0 aromatic heterocycles. The van der Waals surface area contributed by atoms with Crippen LogP contribution in [-0.2, 0) is 33.4 Å². The molecule has 11 nitrogen and oxygen atoms in total. The number of nitrogens with zero attached hydrogens (tertiary/aromatic N) is 3. The van der Waals surface area contributed by atoms with Crippen LogP contribution in [0.25, 0.3) is 0 Å². The minimum atomic E-state index is -0.878. The van der Waals surface area contributed by atoms with E-state index in [1.807, 2.05) is 21.7 Å². The van der Waals surface area contributed by atoms with Crippen LogP contribution in [0.3, 0.4) is 0 Å². The van der Waals surface area contributed by atoms with E-state index >= 15 is 0 Å². The van der Waals surface area contributed by atoms with E-state index < -0.39 is 46.2 Å². The van der Waals surface area contributed by atoms with Gasteiger partial charge in [-0.05, 0) is 82.2 Å². The van der Waals surface area contributed by atoms with Crippen molar-refractivity contribution in [1.82, 2.24) is 14.7 Å². The lowest BCUT2D eigenvalue weighted by molar-refractivity contribution is -0.160. The molecule has 1 aliphatic heterocycles. The van der Waals surface area contributed by atoms with Crippen molar-refractivity contribution in [2.45, 2.75) is 110 Å². The number of esters is 3. The van der Waals surface area contributed by atoms with Gasteiger partial charge in [0.2, 0.25) is 0 Å². The normalized spacial score (nSPS) is 16.0. The summed E-state index contributed by atoms with van der Waals surface area (Å²) in [5.41, 5.74) is -2.72. The monoisotopic (exact) mass is 569 g/mol. The van der Waals surface area contributed by atoms with Crippen LogP contribution in [0.2, 0.25) is 0 Å². The lowest BCUT2D eigenvalue weighted by Gasteiger charge is -2.45. The number of hydrogen-bond donors (Lipinski definition) is 1. The fourth-order valence-corrected chi connectivity index (χ4v) is 4.45. The lowest BCUT2D eigenvalue weighted by atomic mass is 9.88. The van der Waals surface area contributed by atoms with Gasteiger partial charge in [0.25, 0.3) is 0 Å². The molecular weight excluding hydrogens is 518 g/mol. The molecule has 0 spiro atoms. The Balaban J connectivity index is 3.38. The minimum absolute atomic E-state index is 0.0212. The Bertz CT molecular complexity index is 870. The zero-order valence-corrected chi connectivity index (χ0v) is 26.2. The van der Waals surface area contributed by atoms with Gasteiger partial charge < -0.3 is 29.1 Å². The lowest BCUT2D eigenvalue weighted by Crippen LogP contribution is -2.60. The molecule has 0 saturated heterocycles. The standard InChI is InChI=1S/C29H51N3O8/c1-26(2,3)38-23(35)17-30(10)29(14-12-11-13-22(33)34)20-31(18-24(36)39-27(4,5)6)15-16-32(21-29)19-25(37)40-28(7,8)9/h15-16H,11-14,17-21H2,1-10H3,(H,33,34). The van der Waals surface area contributed by atoms with Gasteiger partial charge in [-0.2, -0.15) is 0 Å². The van der Waals surface area contributed by atoms with Gasteiger partial charge in [0, 0.05) is 31.9 Å². The number of carbonyl (C=O) groups is 4. The Morgan fingerprint density at radius 1 is 0.750 bits per heavy atom. The fraction of sp³-hybridized carbons (Fsp3) is 0.793. The first kappa shape index (κ1) is 35.2. The van der Waals surface area contributed by atoms with Crippen molar-refractivity contribution < 1.29 is 38.5 Å². The maximum absolute atomic E-state index is 12.9. The molecule has 40 heavy (non-hydrogen) atoms. The highest BCUT2D eigenvalue weighted by Gasteiger charge is 2.41. The molecule has 1 heterocycles. The van der Waals surface area contributed by atoms with Gasteiger partial charge in [-0.15, -0.1) is 0 Å². The van der Waals surface area contributed by atoms with Gasteiger partial charge in [0.15, 0.2) is 0 Å². The van der Waals surface area contributed by atoms with Gasteiger partial charge in [0.05, 0.1) is 12.1 Å². The molecule has 0 aromatic rings. The molecule has 230 valence electrons. The quantitative estimate of drug-likeness (QED) is 0.211. The van der Waals surface area contributed by atoms with Crippen molar-refractivity contribution in [2.24, 2.45) is 0 Å². The Kier molecular flexibility index (Phi) is 12.5. The third kappa shape index (κ3) is 14.5. The summed E-state index contributed by atoms with van der Waals surface area (Å²) in [5.74, 6) is -2.11. The number of unbranched alkanes of at least 4 members (excludes halogenated alkanes) is 1. The molecule has 0 radical (unpaired) electrons. The second-order valence-corrected chi connectivity index (χ2v) is 13.5. The predicted octanol–water partition coefficient (Wildman–Crippen LogP) is 3.42. The SMILES string of the molecule is CN(CC(=O)OC(C)(C)C)C1(CCCCC(=O)O)CN(CC(=O)OC(C)(C)C)C=CN(CC(=O)OC(C)(C)C)C1. The number of aliphatic carboxylic acids is 1. The van der Waals surface area contributed by atoms with Crippen molar-refractivity contribution in [1.29, 1.82) is 0 Å². The molecule has 0 aliphatic carbocycles. The van der Waals surface area contributed by atoms with Crippen molar-refractivity contribution in [3.8, 4) is 0 Å². The van der Waals surface area contributed by atoms with Gasteiger partial charge in [-0.3, -0.25) is 24.1 Å². The summed E-state index contributed by atoms with van der Waals surface area (Å²) in [7, 11) is 1.81. The Hall–Kier alpha value is -2.82. The van der Waals surface area contributed by atoms with Crippen LogP contribution in [0.1, 0.15) is 88.0 Å². The van der Waals surface area contributed by atoms with Gasteiger partial charge in [0.1, 0.15) is 29.9 Å². The van der Waals surface area contributed by atoms with Crippen LogP contribution in [0.4, 0.5) is 0 Å². The second-order valence-electron chi connectivity index (χ2n) is 13.5. The average molecular weight is 570 g/mol. The van der Waals surface area contributed by atoms with E-state index in [2.05, 4.69) is 0 Å². The molecule has 11 heteroatoms. The van der Waals surface area contributed by atoms with Gasteiger partial charge >= 0.3 is 23.9 Å². The smallest absolute Gasteiger partial charge is 0.326 e. The van der Waals surface area contributed by atoms with E-state index in [4.69, 9.17) is 19.3 Å². The number of likely N-dealkylation sites (N-methyl/N-ethyl adjacent to an activating group) is 1. The zero-order valence-electron chi connectivity index (χ0n) is 26.2. The van der Waals surface area contributed by atoms with Crippen LogP contribution in [0.15, 0.2) is 12.4 Å². The number of carboxylic acid groups (broad SMARTS) is 1. The summed E-state index contributed by atoms with van der Waals surface area (Å²) in [6.07, 6.45) is 5.03. The van der Waals surface area contributed by atoms with Crippen molar-refractivity contribution >= 4 is 23.9 Å². The number of carboxylic acids is 1. The van der Waals surface area contributed by atoms with Crippen LogP contribution in [0, 0.1) is 0 Å². The highest BCUT2D eigenvalue weighted by molar-refractivity contribution is 5.73. The first-order chi connectivity index (χ1) is 18.1. The molecule has 1 aliphatic rings. The molecule has 1 N–H and O–H groups in total. The van der Waals surface area contributed by atoms with Crippen molar-refractivity contribution in [3.05, 3.63) is 12.4 Å². The molecule has 0 saturated carbocycles. The van der Waals surface area contributed by atoms with Crippen LogP contribution in [-0.4, -0.2) is 106 Å². The van der Waals surface area contributed by atoms with E-state index in [1.54, 1.807) is 74.7 Å². The third-order valence-electron chi connectivity index (χ3n) is 5.87. The largest absolute Gasteiger partial charge is 0.481 e. The summed E-state index contributed by atoms with van der Waals surface area (Å²) in [6.45, 7) is 16.8. The molecular formula is C29H51N3O8. The minimum Gasteiger partial charge on any atom is -0.481 e. The average Bonchev–Trinajstić information content (AvgIpc) is 2.86. The van der Waals surface area contributed by atoms with Gasteiger partial charge in [-0.1, -0.05) is 6.42 Å². The summed E-state index contributed by atoms with van der Waals surface area (Å²) >= 11 is 0. The molecule has 1 rings (SSSR count). The fourth-order valence-electron chi connectivity index (χ4n) is 4.45. The number of rotatable bonds is 12. The third-order valence-corrected chi connectivity index (χ3v) is 5.87. The second kappa shape index (κ2) is 14.2. The summed E-state index contributed by atoms with van der Waals surface area (Å²) in [6, 6.07) is 0. The zero-order chi connectivity index (χ0) is 30.9. The molecule has 0 unspecified atom stereocenters.